The van der Waals surface area contributed by atoms with Gasteiger partial charge in [-0.15, -0.1) is 11.3 Å². The van der Waals surface area contributed by atoms with Crippen molar-refractivity contribution in [2.75, 3.05) is 20.8 Å². The van der Waals surface area contributed by atoms with Gasteiger partial charge in [-0.25, -0.2) is 8.42 Å². The maximum Gasteiger partial charge on any atom is 0.244 e. The second-order valence-electron chi connectivity index (χ2n) is 7.27. The Hall–Kier alpha value is -2.68. The number of thiophene rings is 1. The lowest BCUT2D eigenvalue weighted by Crippen LogP contribution is -2.40. The molecule has 0 saturated carbocycles. The van der Waals surface area contributed by atoms with Crippen LogP contribution in [0.25, 0.3) is 0 Å². The second-order valence-corrected chi connectivity index (χ2v) is 10.1. The van der Waals surface area contributed by atoms with Gasteiger partial charge in [0.1, 0.15) is 0 Å². The van der Waals surface area contributed by atoms with E-state index in [0.717, 1.165) is 16.0 Å². The smallest absolute Gasteiger partial charge is 0.244 e. The third kappa shape index (κ3) is 3.86. The van der Waals surface area contributed by atoms with E-state index in [1.165, 1.54) is 34.7 Å². The standard InChI is InChI=1S/C23H23NO5S2/c1-15(25)16-6-4-7-18(12-16)31(26,27)24-10-9-17-13-20(28-2)21(29-3)14-19(17)23(24)22-8-5-11-30-22/h4-8,11-14,23H,9-10H2,1-3H3/t23-/m0/s1. The van der Waals surface area contributed by atoms with E-state index in [1.54, 1.807) is 26.4 Å². The number of Topliss-reactive ketones (excluding diaryl/α,β-unsaturated/α-hetero) is 1. The number of sulfonamides is 1. The third-order valence-corrected chi connectivity index (χ3v) is 8.27. The van der Waals surface area contributed by atoms with Crippen molar-refractivity contribution in [2.24, 2.45) is 0 Å². The van der Waals surface area contributed by atoms with E-state index in [-0.39, 0.29) is 10.7 Å². The van der Waals surface area contributed by atoms with Crippen LogP contribution in [0.5, 0.6) is 11.5 Å². The molecule has 4 rings (SSSR count). The Morgan fingerprint density at radius 2 is 1.81 bits per heavy atom. The number of nitrogens with zero attached hydrogens (tertiary/aromatic N) is 1. The van der Waals surface area contributed by atoms with Crippen LogP contribution in [0, 0.1) is 0 Å². The summed E-state index contributed by atoms with van der Waals surface area (Å²) in [5, 5.41) is 1.94. The minimum absolute atomic E-state index is 0.116. The number of hydrogen-bond acceptors (Lipinski definition) is 6. The maximum absolute atomic E-state index is 13.7. The van der Waals surface area contributed by atoms with Gasteiger partial charge in [0.15, 0.2) is 17.3 Å². The first kappa shape index (κ1) is 21.5. The number of methoxy groups -OCH3 is 2. The van der Waals surface area contributed by atoms with Crippen LogP contribution in [0.2, 0.25) is 0 Å². The normalized spacial score (nSPS) is 16.5. The molecular formula is C23H23NO5S2. The van der Waals surface area contributed by atoms with Crippen molar-refractivity contribution < 1.29 is 22.7 Å². The zero-order chi connectivity index (χ0) is 22.2. The maximum atomic E-state index is 13.7. The van der Waals surface area contributed by atoms with Crippen molar-refractivity contribution in [3.8, 4) is 11.5 Å². The summed E-state index contributed by atoms with van der Waals surface area (Å²) in [4.78, 5) is 12.8. The fourth-order valence-electron chi connectivity index (χ4n) is 3.93. The first-order valence-corrected chi connectivity index (χ1v) is 12.1. The van der Waals surface area contributed by atoms with Crippen molar-refractivity contribution in [3.05, 3.63) is 75.5 Å². The molecule has 0 fully saturated rings. The molecule has 8 heteroatoms. The molecule has 162 valence electrons. The summed E-state index contributed by atoms with van der Waals surface area (Å²) >= 11 is 1.51. The fourth-order valence-corrected chi connectivity index (χ4v) is 6.49. The summed E-state index contributed by atoms with van der Waals surface area (Å²) in [5.41, 5.74) is 2.27. The van der Waals surface area contributed by atoms with Crippen LogP contribution in [0.15, 0.2) is 58.8 Å². The molecule has 0 unspecified atom stereocenters. The minimum Gasteiger partial charge on any atom is -0.493 e. The predicted octanol–water partition coefficient (Wildman–Crippen LogP) is 4.30. The first-order valence-electron chi connectivity index (χ1n) is 9.78. The van der Waals surface area contributed by atoms with E-state index in [4.69, 9.17) is 9.47 Å². The fraction of sp³-hybridized carbons (Fsp3) is 0.261. The Labute approximate surface area is 186 Å². The molecule has 0 amide bonds. The Morgan fingerprint density at radius 3 is 2.45 bits per heavy atom. The number of rotatable bonds is 6. The number of carbonyl (C=O) groups is 1. The molecule has 1 aromatic heterocycles. The summed E-state index contributed by atoms with van der Waals surface area (Å²) < 4.78 is 39.9. The average molecular weight is 458 g/mol. The molecule has 31 heavy (non-hydrogen) atoms. The highest BCUT2D eigenvalue weighted by molar-refractivity contribution is 7.89. The molecule has 2 heterocycles. The van der Waals surface area contributed by atoms with Gasteiger partial charge >= 0.3 is 0 Å². The predicted molar refractivity (Wildman–Crippen MR) is 120 cm³/mol. The lowest BCUT2D eigenvalue weighted by atomic mass is 9.92. The van der Waals surface area contributed by atoms with Crippen LogP contribution in [0.3, 0.4) is 0 Å². The Kier molecular flexibility index (Phi) is 5.88. The molecule has 1 aliphatic heterocycles. The molecule has 6 nitrogen and oxygen atoms in total. The number of benzene rings is 2. The topological polar surface area (TPSA) is 72.9 Å². The zero-order valence-electron chi connectivity index (χ0n) is 17.5. The molecule has 1 aliphatic rings. The van der Waals surface area contributed by atoms with Crippen molar-refractivity contribution in [3.63, 3.8) is 0 Å². The van der Waals surface area contributed by atoms with Crippen molar-refractivity contribution in [2.45, 2.75) is 24.3 Å². The van der Waals surface area contributed by atoms with Crippen LogP contribution in [0.1, 0.15) is 39.3 Å². The Bertz CT molecular complexity index is 1220. The van der Waals surface area contributed by atoms with Crippen LogP contribution in [0.4, 0.5) is 0 Å². The highest BCUT2D eigenvalue weighted by atomic mass is 32.2. The lowest BCUT2D eigenvalue weighted by Gasteiger charge is -2.36. The number of hydrogen-bond donors (Lipinski definition) is 0. The summed E-state index contributed by atoms with van der Waals surface area (Å²) in [6.07, 6.45) is 0.545. The first-order chi connectivity index (χ1) is 14.9. The van der Waals surface area contributed by atoms with Gasteiger partial charge in [-0.2, -0.15) is 4.31 Å². The number of ketones is 1. The summed E-state index contributed by atoms with van der Waals surface area (Å²) in [6.45, 7) is 1.74. The molecule has 0 radical (unpaired) electrons. The largest absolute Gasteiger partial charge is 0.493 e. The minimum atomic E-state index is -3.86. The van der Waals surface area contributed by atoms with E-state index < -0.39 is 16.1 Å². The van der Waals surface area contributed by atoms with Gasteiger partial charge in [-0.05, 0) is 60.2 Å². The molecule has 3 aromatic rings. The van der Waals surface area contributed by atoms with Crippen molar-refractivity contribution >= 4 is 27.1 Å². The number of fused-ring (bicyclic) bond motifs is 1. The SMILES string of the molecule is COc1cc2c(cc1OC)[C@@H](c1cccs1)N(S(=O)(=O)c1cccc(C(C)=O)c1)CC2. The molecular weight excluding hydrogens is 434 g/mol. The molecule has 0 N–H and O–H groups in total. The lowest BCUT2D eigenvalue weighted by molar-refractivity contribution is 0.101. The van der Waals surface area contributed by atoms with E-state index in [2.05, 4.69) is 0 Å². The van der Waals surface area contributed by atoms with Crippen LogP contribution in [-0.4, -0.2) is 39.3 Å². The summed E-state index contributed by atoms with van der Waals surface area (Å²) in [6, 6.07) is 13.4. The van der Waals surface area contributed by atoms with Gasteiger partial charge in [0, 0.05) is 17.0 Å². The molecule has 0 aliphatic carbocycles. The quantitative estimate of drug-likeness (QED) is 0.516. The summed E-state index contributed by atoms with van der Waals surface area (Å²) in [7, 11) is -0.705. The number of ether oxygens (including phenoxy) is 2. The molecule has 2 aromatic carbocycles. The molecule has 1 atom stereocenters. The van der Waals surface area contributed by atoms with Crippen LogP contribution < -0.4 is 9.47 Å². The van der Waals surface area contributed by atoms with Crippen LogP contribution >= 0.6 is 11.3 Å². The zero-order valence-corrected chi connectivity index (χ0v) is 19.1. The van der Waals surface area contributed by atoms with E-state index in [0.29, 0.717) is 30.0 Å². The van der Waals surface area contributed by atoms with Gasteiger partial charge in [0.25, 0.3) is 0 Å². The van der Waals surface area contributed by atoms with Crippen molar-refractivity contribution in [1.82, 2.24) is 4.31 Å². The van der Waals surface area contributed by atoms with Gasteiger partial charge in [-0.3, -0.25) is 4.79 Å². The van der Waals surface area contributed by atoms with Gasteiger partial charge in [0.2, 0.25) is 10.0 Å². The van der Waals surface area contributed by atoms with Gasteiger partial charge in [-0.1, -0.05) is 18.2 Å². The monoisotopic (exact) mass is 457 g/mol. The van der Waals surface area contributed by atoms with Crippen LogP contribution in [-0.2, 0) is 16.4 Å². The Balaban J connectivity index is 1.87. The summed E-state index contributed by atoms with van der Waals surface area (Å²) in [5.74, 6) is 1.00. The van der Waals surface area contributed by atoms with Gasteiger partial charge < -0.3 is 9.47 Å². The third-order valence-electron chi connectivity index (χ3n) is 5.49. The van der Waals surface area contributed by atoms with Gasteiger partial charge in [0.05, 0.1) is 25.2 Å². The molecule has 0 saturated heterocycles. The van der Waals surface area contributed by atoms with Crippen molar-refractivity contribution in [1.29, 1.82) is 0 Å². The highest BCUT2D eigenvalue weighted by Crippen LogP contribution is 2.44. The molecule has 0 spiro atoms. The average Bonchev–Trinajstić information content (AvgIpc) is 3.31. The van der Waals surface area contributed by atoms with E-state index in [1.807, 2.05) is 29.6 Å². The Morgan fingerprint density at radius 1 is 1.06 bits per heavy atom. The van der Waals surface area contributed by atoms with E-state index in [9.17, 15) is 13.2 Å². The highest BCUT2D eigenvalue weighted by Gasteiger charge is 2.38. The van der Waals surface area contributed by atoms with E-state index >= 15 is 0 Å². The molecule has 0 bridgehead atoms. The second kappa shape index (κ2) is 8.45. The number of carbonyl (C=O) groups excluding carboxylic acids is 1.